The van der Waals surface area contributed by atoms with Crippen molar-refractivity contribution in [3.63, 3.8) is 0 Å². The Morgan fingerprint density at radius 3 is 2.32 bits per heavy atom. The van der Waals surface area contributed by atoms with Gasteiger partial charge in [-0.15, -0.1) is 0 Å². The van der Waals surface area contributed by atoms with Gasteiger partial charge in [-0.25, -0.2) is 4.90 Å². The monoisotopic (exact) mass is 333 g/mol. The first-order valence-corrected chi connectivity index (χ1v) is 7.93. The highest BCUT2D eigenvalue weighted by Crippen LogP contribution is 2.46. The van der Waals surface area contributed by atoms with Gasteiger partial charge in [0.05, 0.1) is 5.69 Å². The fourth-order valence-electron chi connectivity index (χ4n) is 3.07. The lowest BCUT2D eigenvalue weighted by Gasteiger charge is -2.33. The van der Waals surface area contributed by atoms with Crippen LogP contribution in [0, 0.1) is 5.41 Å². The summed E-state index contributed by atoms with van der Waals surface area (Å²) in [5, 5.41) is 0. The van der Waals surface area contributed by atoms with Gasteiger partial charge in [0, 0.05) is 5.56 Å². The van der Waals surface area contributed by atoms with Crippen LogP contribution in [0.15, 0.2) is 66.1 Å². The second-order valence-corrected chi connectivity index (χ2v) is 6.54. The molecule has 2 heterocycles. The summed E-state index contributed by atoms with van der Waals surface area (Å²) in [6.45, 7) is 3.07. The molecule has 2 aromatic carbocycles. The SMILES string of the molecule is CC1(C)C(=O)C(C(=O)c2ccccc2)=C2Oc3ccccc3N2C1=O. The topological polar surface area (TPSA) is 63.7 Å². The van der Waals surface area contributed by atoms with E-state index in [4.69, 9.17) is 4.74 Å². The van der Waals surface area contributed by atoms with Crippen LogP contribution >= 0.6 is 0 Å². The summed E-state index contributed by atoms with van der Waals surface area (Å²) in [5.74, 6) is -0.912. The molecular weight excluding hydrogens is 318 g/mol. The highest BCUT2D eigenvalue weighted by molar-refractivity contribution is 6.35. The Morgan fingerprint density at radius 1 is 0.960 bits per heavy atom. The molecule has 0 saturated heterocycles. The zero-order valence-electron chi connectivity index (χ0n) is 13.8. The molecule has 0 aliphatic carbocycles. The highest BCUT2D eigenvalue weighted by atomic mass is 16.5. The van der Waals surface area contributed by atoms with Gasteiger partial charge < -0.3 is 4.74 Å². The Hall–Kier alpha value is -3.21. The molecule has 124 valence electrons. The van der Waals surface area contributed by atoms with E-state index in [-0.39, 0.29) is 11.5 Å². The van der Waals surface area contributed by atoms with E-state index in [1.807, 2.05) is 0 Å². The second kappa shape index (κ2) is 5.14. The second-order valence-electron chi connectivity index (χ2n) is 6.54. The Balaban J connectivity index is 1.95. The largest absolute Gasteiger partial charge is 0.437 e. The van der Waals surface area contributed by atoms with Crippen molar-refractivity contribution in [1.29, 1.82) is 0 Å². The van der Waals surface area contributed by atoms with Crippen molar-refractivity contribution < 1.29 is 19.1 Å². The number of anilines is 1. The summed E-state index contributed by atoms with van der Waals surface area (Å²) in [7, 11) is 0. The molecule has 0 spiro atoms. The maximum absolute atomic E-state index is 13.0. The molecule has 0 saturated carbocycles. The molecule has 0 atom stereocenters. The predicted octanol–water partition coefficient (Wildman–Crippen LogP) is 3.12. The number of para-hydroxylation sites is 2. The fourth-order valence-corrected chi connectivity index (χ4v) is 3.07. The average Bonchev–Trinajstić information content (AvgIpc) is 3.00. The molecule has 2 aromatic rings. The first kappa shape index (κ1) is 15.3. The third-order valence-electron chi connectivity index (χ3n) is 4.53. The van der Waals surface area contributed by atoms with E-state index in [0.29, 0.717) is 17.0 Å². The molecule has 0 bridgehead atoms. The van der Waals surface area contributed by atoms with E-state index in [1.54, 1.807) is 54.6 Å². The molecule has 0 radical (unpaired) electrons. The average molecular weight is 333 g/mol. The standard InChI is InChI=1S/C20H15NO4/c1-20(2)17(23)15(16(22)12-8-4-3-5-9-12)18-21(19(20)24)13-10-6-7-11-14(13)25-18/h3-11H,1-2H3. The number of Topliss-reactive ketones (excluding diaryl/α,β-unsaturated/α-hetero) is 2. The lowest BCUT2D eigenvalue weighted by Crippen LogP contribution is -2.51. The number of hydrogen-bond acceptors (Lipinski definition) is 4. The number of carbonyl (C=O) groups excluding carboxylic acids is 3. The first-order valence-electron chi connectivity index (χ1n) is 7.93. The number of ether oxygens (including phenoxy) is 1. The molecule has 0 aromatic heterocycles. The molecule has 0 unspecified atom stereocenters. The van der Waals surface area contributed by atoms with E-state index in [1.165, 1.54) is 18.7 Å². The Labute approximate surface area is 144 Å². The van der Waals surface area contributed by atoms with Crippen molar-refractivity contribution in [3.8, 4) is 5.75 Å². The number of benzene rings is 2. The molecule has 2 aliphatic heterocycles. The molecule has 0 N–H and O–H groups in total. The third kappa shape index (κ3) is 2.05. The molecular formula is C20H15NO4. The normalized spacial score (nSPS) is 17.9. The van der Waals surface area contributed by atoms with Gasteiger partial charge in [0.2, 0.25) is 17.6 Å². The molecule has 25 heavy (non-hydrogen) atoms. The molecule has 2 aliphatic rings. The van der Waals surface area contributed by atoms with Gasteiger partial charge >= 0.3 is 0 Å². The zero-order valence-corrected chi connectivity index (χ0v) is 13.8. The summed E-state index contributed by atoms with van der Waals surface area (Å²) in [6, 6.07) is 15.5. The lowest BCUT2D eigenvalue weighted by atomic mass is 9.78. The summed E-state index contributed by atoms with van der Waals surface area (Å²) < 4.78 is 5.74. The van der Waals surface area contributed by atoms with Crippen LogP contribution in [0.4, 0.5) is 5.69 Å². The predicted molar refractivity (Wildman–Crippen MR) is 91.1 cm³/mol. The van der Waals surface area contributed by atoms with Gasteiger partial charge in [0.1, 0.15) is 11.0 Å². The minimum atomic E-state index is -1.34. The van der Waals surface area contributed by atoms with Crippen LogP contribution in [0.2, 0.25) is 0 Å². The summed E-state index contributed by atoms with van der Waals surface area (Å²) in [4.78, 5) is 40.2. The Kier molecular flexibility index (Phi) is 3.15. The van der Waals surface area contributed by atoms with Crippen molar-refractivity contribution in [3.05, 3.63) is 71.6 Å². The van der Waals surface area contributed by atoms with Gasteiger partial charge in [0.25, 0.3) is 0 Å². The summed E-state index contributed by atoms with van der Waals surface area (Å²) in [6.07, 6.45) is 0. The molecule has 5 heteroatoms. The minimum Gasteiger partial charge on any atom is -0.437 e. The van der Waals surface area contributed by atoms with Crippen LogP contribution in [0.3, 0.4) is 0 Å². The maximum Gasteiger partial charge on any atom is 0.247 e. The highest BCUT2D eigenvalue weighted by Gasteiger charge is 2.53. The summed E-state index contributed by atoms with van der Waals surface area (Å²) >= 11 is 0. The maximum atomic E-state index is 13.0. The number of ketones is 2. The van der Waals surface area contributed by atoms with Gasteiger partial charge in [-0.05, 0) is 26.0 Å². The number of amides is 1. The van der Waals surface area contributed by atoms with Crippen LogP contribution in [0.5, 0.6) is 5.75 Å². The molecule has 4 rings (SSSR count). The van der Waals surface area contributed by atoms with E-state index < -0.39 is 22.9 Å². The zero-order chi connectivity index (χ0) is 17.8. The van der Waals surface area contributed by atoms with Gasteiger partial charge in [-0.2, -0.15) is 0 Å². The Morgan fingerprint density at radius 2 is 1.60 bits per heavy atom. The minimum absolute atomic E-state index is 0.00405. The van der Waals surface area contributed by atoms with E-state index in [0.717, 1.165) is 0 Å². The molecule has 1 amide bonds. The summed E-state index contributed by atoms with van der Waals surface area (Å²) in [5.41, 5.74) is -0.513. The van der Waals surface area contributed by atoms with Crippen LogP contribution in [0.1, 0.15) is 24.2 Å². The fraction of sp³-hybridized carbons (Fsp3) is 0.150. The van der Waals surface area contributed by atoms with Gasteiger partial charge in [0.15, 0.2) is 11.5 Å². The van der Waals surface area contributed by atoms with Crippen LogP contribution < -0.4 is 9.64 Å². The van der Waals surface area contributed by atoms with E-state index in [2.05, 4.69) is 0 Å². The van der Waals surface area contributed by atoms with Gasteiger partial charge in [-0.3, -0.25) is 14.4 Å². The van der Waals surface area contributed by atoms with E-state index in [9.17, 15) is 14.4 Å². The first-order chi connectivity index (χ1) is 11.9. The van der Waals surface area contributed by atoms with Crippen molar-refractivity contribution in [2.75, 3.05) is 4.90 Å². The lowest BCUT2D eigenvalue weighted by molar-refractivity contribution is -0.137. The number of carbonyl (C=O) groups is 3. The van der Waals surface area contributed by atoms with Crippen LogP contribution in [-0.2, 0) is 9.59 Å². The van der Waals surface area contributed by atoms with Crippen molar-refractivity contribution in [2.24, 2.45) is 5.41 Å². The van der Waals surface area contributed by atoms with Crippen LogP contribution in [-0.4, -0.2) is 17.5 Å². The number of fused-ring (bicyclic) bond motifs is 3. The van der Waals surface area contributed by atoms with Crippen LogP contribution in [0.25, 0.3) is 0 Å². The molecule has 0 fully saturated rings. The number of nitrogens with zero attached hydrogens (tertiary/aromatic N) is 1. The molecule has 5 nitrogen and oxygen atoms in total. The van der Waals surface area contributed by atoms with Crippen molar-refractivity contribution in [2.45, 2.75) is 13.8 Å². The smallest absolute Gasteiger partial charge is 0.247 e. The third-order valence-corrected chi connectivity index (χ3v) is 4.53. The van der Waals surface area contributed by atoms with Crippen molar-refractivity contribution >= 4 is 23.2 Å². The number of hydrogen-bond donors (Lipinski definition) is 0. The van der Waals surface area contributed by atoms with Gasteiger partial charge in [-0.1, -0.05) is 42.5 Å². The number of allylic oxidation sites excluding steroid dienone is 1. The quantitative estimate of drug-likeness (QED) is 0.481. The Bertz CT molecular complexity index is 957. The number of rotatable bonds is 2. The van der Waals surface area contributed by atoms with Crippen molar-refractivity contribution in [1.82, 2.24) is 0 Å². The van der Waals surface area contributed by atoms with E-state index >= 15 is 0 Å².